The van der Waals surface area contributed by atoms with E-state index in [2.05, 4.69) is 23.7 Å². The van der Waals surface area contributed by atoms with Crippen LogP contribution in [0.1, 0.15) is 58.7 Å². The van der Waals surface area contributed by atoms with Gasteiger partial charge < -0.3 is 23.8 Å². The second-order valence-corrected chi connectivity index (χ2v) is 11.0. The molecule has 0 amide bonds. The summed E-state index contributed by atoms with van der Waals surface area (Å²) < 4.78 is 24.7. The molecule has 4 rings (SSSR count). The van der Waals surface area contributed by atoms with Crippen LogP contribution >= 0.6 is 11.3 Å². The Morgan fingerprint density at radius 1 is 1.05 bits per heavy atom. The Morgan fingerprint density at radius 2 is 1.76 bits per heavy atom. The third-order valence-electron chi connectivity index (χ3n) is 7.02. The highest BCUT2D eigenvalue weighted by Gasteiger charge is 2.34. The van der Waals surface area contributed by atoms with Crippen LogP contribution in [0, 0.1) is 0 Å². The molecule has 1 atom stereocenters. The fraction of sp³-hybridized carbons (Fsp3) is 0.406. The van der Waals surface area contributed by atoms with Crippen molar-refractivity contribution in [3.8, 4) is 17.2 Å². The molecule has 9 nitrogen and oxygen atoms in total. The van der Waals surface area contributed by atoms with Crippen LogP contribution in [0.25, 0.3) is 6.08 Å². The summed E-state index contributed by atoms with van der Waals surface area (Å²) in [5.74, 6) is 1.21. The lowest BCUT2D eigenvalue weighted by molar-refractivity contribution is -0.139. The highest BCUT2D eigenvalue weighted by atomic mass is 32.1. The van der Waals surface area contributed by atoms with Crippen LogP contribution in [0.4, 0.5) is 5.69 Å². The van der Waals surface area contributed by atoms with Gasteiger partial charge in [0.05, 0.1) is 48.8 Å². The predicted molar refractivity (Wildman–Crippen MR) is 166 cm³/mol. The lowest BCUT2D eigenvalue weighted by atomic mass is 9.95. The number of fused-ring (bicyclic) bond motifs is 1. The molecular formula is C32H39N3O6S. The normalized spacial score (nSPS) is 14.9. The zero-order chi connectivity index (χ0) is 30.6. The van der Waals surface area contributed by atoms with Crippen LogP contribution in [0.5, 0.6) is 17.2 Å². The molecule has 0 aliphatic carbocycles. The molecule has 224 valence electrons. The SMILES string of the molecule is CCOC(=O)C1=C(C)N=c2s/c(=C\c3ccc(N(CC)CC)cc3OC)c(=O)n2[C@@H]1c1ccc(OC(C)C)c(OC)c1. The monoisotopic (exact) mass is 593 g/mol. The number of carbonyl (C=O) groups excluding carboxylic acids is 1. The van der Waals surface area contributed by atoms with E-state index in [1.807, 2.05) is 44.2 Å². The first-order valence-electron chi connectivity index (χ1n) is 14.1. The fourth-order valence-electron chi connectivity index (χ4n) is 5.06. The maximum Gasteiger partial charge on any atom is 0.338 e. The van der Waals surface area contributed by atoms with Crippen molar-refractivity contribution in [2.24, 2.45) is 4.99 Å². The quantitative estimate of drug-likeness (QED) is 0.304. The average Bonchev–Trinajstić information content (AvgIpc) is 3.27. The summed E-state index contributed by atoms with van der Waals surface area (Å²) in [6.07, 6.45) is 1.76. The van der Waals surface area contributed by atoms with Crippen LogP contribution < -0.4 is 34.0 Å². The van der Waals surface area contributed by atoms with Crippen molar-refractivity contribution in [3.63, 3.8) is 0 Å². The van der Waals surface area contributed by atoms with E-state index >= 15 is 0 Å². The van der Waals surface area contributed by atoms with Crippen LogP contribution in [-0.4, -0.2) is 50.6 Å². The minimum Gasteiger partial charge on any atom is -0.496 e. The largest absolute Gasteiger partial charge is 0.496 e. The molecule has 0 fully saturated rings. The summed E-state index contributed by atoms with van der Waals surface area (Å²) in [7, 11) is 3.18. The van der Waals surface area contributed by atoms with E-state index in [-0.39, 0.29) is 18.3 Å². The number of allylic oxidation sites excluding steroid dienone is 1. The highest BCUT2D eigenvalue weighted by Crippen LogP contribution is 2.36. The topological polar surface area (TPSA) is 91.6 Å². The number of thiazole rings is 1. The summed E-state index contributed by atoms with van der Waals surface area (Å²) >= 11 is 1.27. The van der Waals surface area contributed by atoms with Crippen LogP contribution in [-0.2, 0) is 9.53 Å². The standard InChI is InChI=1S/C32H39N3O6S/c1-9-34(10-2)23-14-12-21(25(18-23)38-7)17-27-30(36)35-29(22-13-15-24(41-19(4)5)26(16-22)39-8)28(31(37)40-11-3)20(6)33-32(35)42-27/h12-19,29H,9-11H2,1-8H3/b27-17-/t29-/m1/s1. The average molecular weight is 594 g/mol. The van der Waals surface area contributed by atoms with Crippen molar-refractivity contribution in [2.45, 2.75) is 53.7 Å². The zero-order valence-corrected chi connectivity index (χ0v) is 26.3. The molecule has 1 aromatic heterocycles. The number of esters is 1. The summed E-state index contributed by atoms with van der Waals surface area (Å²) in [5.41, 5.74) is 3.02. The molecular weight excluding hydrogens is 554 g/mol. The Bertz CT molecular complexity index is 1670. The van der Waals surface area contributed by atoms with E-state index in [1.54, 1.807) is 44.8 Å². The summed E-state index contributed by atoms with van der Waals surface area (Å²) in [6.45, 7) is 13.5. The lowest BCUT2D eigenvalue weighted by Gasteiger charge is -2.25. The third kappa shape index (κ3) is 6.09. The van der Waals surface area contributed by atoms with Crippen LogP contribution in [0.2, 0.25) is 0 Å². The number of carbonyl (C=O) groups is 1. The van der Waals surface area contributed by atoms with E-state index in [4.69, 9.17) is 18.9 Å². The van der Waals surface area contributed by atoms with Gasteiger partial charge in [-0.1, -0.05) is 17.4 Å². The Kier molecular flexibility index (Phi) is 9.78. The molecule has 0 radical (unpaired) electrons. The molecule has 3 aromatic rings. The second-order valence-electron chi connectivity index (χ2n) is 9.98. The number of hydrogen-bond donors (Lipinski definition) is 0. The number of nitrogens with zero attached hydrogens (tertiary/aromatic N) is 3. The lowest BCUT2D eigenvalue weighted by Crippen LogP contribution is -2.40. The molecule has 0 saturated heterocycles. The van der Waals surface area contributed by atoms with Crippen molar-refractivity contribution in [1.29, 1.82) is 0 Å². The minimum absolute atomic E-state index is 0.0577. The molecule has 0 bridgehead atoms. The maximum absolute atomic E-state index is 14.1. The van der Waals surface area contributed by atoms with E-state index in [0.29, 0.717) is 43.4 Å². The minimum atomic E-state index is -0.767. The molecule has 0 saturated carbocycles. The van der Waals surface area contributed by atoms with Gasteiger partial charge in [-0.2, -0.15) is 0 Å². The number of ether oxygens (including phenoxy) is 4. The van der Waals surface area contributed by atoms with Crippen molar-refractivity contribution >= 4 is 29.1 Å². The number of benzene rings is 2. The zero-order valence-electron chi connectivity index (χ0n) is 25.5. The Labute approximate surface area is 250 Å². The van der Waals surface area contributed by atoms with E-state index < -0.39 is 12.0 Å². The van der Waals surface area contributed by atoms with Crippen LogP contribution in [0.15, 0.2) is 57.5 Å². The molecule has 10 heteroatoms. The second kappa shape index (κ2) is 13.3. The number of aromatic nitrogens is 1. The van der Waals surface area contributed by atoms with Gasteiger partial charge >= 0.3 is 5.97 Å². The van der Waals surface area contributed by atoms with Crippen LogP contribution in [0.3, 0.4) is 0 Å². The molecule has 2 aromatic carbocycles. The number of methoxy groups -OCH3 is 2. The van der Waals surface area contributed by atoms with E-state index in [0.717, 1.165) is 24.3 Å². The molecule has 1 aliphatic heterocycles. The first kappa shape index (κ1) is 30.9. The van der Waals surface area contributed by atoms with Crippen molar-refractivity contribution in [3.05, 3.63) is 78.5 Å². The number of anilines is 1. The van der Waals surface area contributed by atoms with Gasteiger partial charge in [0.15, 0.2) is 16.3 Å². The van der Waals surface area contributed by atoms with Crippen molar-refractivity contribution < 1.29 is 23.7 Å². The molecule has 0 N–H and O–H groups in total. The van der Waals surface area contributed by atoms with Gasteiger partial charge in [-0.25, -0.2) is 9.79 Å². The smallest absolute Gasteiger partial charge is 0.338 e. The molecule has 2 heterocycles. The van der Waals surface area contributed by atoms with Gasteiger partial charge in [0, 0.05) is 30.4 Å². The van der Waals surface area contributed by atoms with Gasteiger partial charge in [-0.05, 0) is 77.4 Å². The maximum atomic E-state index is 14.1. The summed E-state index contributed by atoms with van der Waals surface area (Å²) in [4.78, 5) is 34.7. The third-order valence-corrected chi connectivity index (χ3v) is 8.00. The molecule has 0 spiro atoms. The van der Waals surface area contributed by atoms with Crippen molar-refractivity contribution in [1.82, 2.24) is 4.57 Å². The molecule has 0 unspecified atom stereocenters. The van der Waals surface area contributed by atoms with Gasteiger partial charge in [-0.3, -0.25) is 9.36 Å². The Hall–Kier alpha value is -4.05. The first-order valence-corrected chi connectivity index (χ1v) is 15.0. The van der Waals surface area contributed by atoms with Gasteiger partial charge in [0.25, 0.3) is 5.56 Å². The van der Waals surface area contributed by atoms with E-state index in [9.17, 15) is 9.59 Å². The van der Waals surface area contributed by atoms with Gasteiger partial charge in [0.2, 0.25) is 0 Å². The number of hydrogen-bond acceptors (Lipinski definition) is 9. The summed E-state index contributed by atoms with van der Waals surface area (Å²) in [6, 6.07) is 10.6. The van der Waals surface area contributed by atoms with Gasteiger partial charge in [0.1, 0.15) is 5.75 Å². The Balaban J connectivity index is 1.92. The van der Waals surface area contributed by atoms with Gasteiger partial charge in [-0.15, -0.1) is 0 Å². The first-order chi connectivity index (χ1) is 20.2. The molecule has 1 aliphatic rings. The van der Waals surface area contributed by atoms with E-state index in [1.165, 1.54) is 11.3 Å². The number of rotatable bonds is 11. The molecule has 42 heavy (non-hydrogen) atoms. The Morgan fingerprint density at radius 3 is 2.38 bits per heavy atom. The highest BCUT2D eigenvalue weighted by molar-refractivity contribution is 7.07. The predicted octanol–water partition coefficient (Wildman–Crippen LogP) is 4.45. The summed E-state index contributed by atoms with van der Waals surface area (Å²) in [5, 5.41) is 0. The van der Waals surface area contributed by atoms with Crippen molar-refractivity contribution in [2.75, 3.05) is 38.8 Å². The fourth-order valence-corrected chi connectivity index (χ4v) is 6.10.